The van der Waals surface area contributed by atoms with Crippen molar-refractivity contribution in [2.24, 2.45) is 0 Å². The molecule has 0 unspecified atom stereocenters. The Balaban J connectivity index is 2.99. The van der Waals surface area contributed by atoms with E-state index >= 15 is 0 Å². The molecular weight excluding hydrogens is 176 g/mol. The Bertz CT molecular complexity index is 289. The van der Waals surface area contributed by atoms with Gasteiger partial charge in [0.2, 0.25) is 5.88 Å². The Labute approximate surface area is 75.6 Å². The lowest BCUT2D eigenvalue weighted by Gasteiger charge is -2.08. The molecule has 0 aliphatic rings. The highest BCUT2D eigenvalue weighted by atomic mass is 19.3. The molecule has 0 aromatic carbocycles. The lowest BCUT2D eigenvalue weighted by Crippen LogP contribution is -2.05. The fourth-order valence-corrected chi connectivity index (χ4v) is 1.01. The van der Waals surface area contributed by atoms with Crippen molar-refractivity contribution in [1.29, 1.82) is 0 Å². The molecule has 0 amide bonds. The number of aryl methyl sites for hydroxylation is 2. The van der Waals surface area contributed by atoms with E-state index in [0.29, 0.717) is 0 Å². The first-order valence-corrected chi connectivity index (χ1v) is 3.90. The number of nitrogens with zero attached hydrogens (tertiary/aromatic N) is 1. The van der Waals surface area contributed by atoms with Crippen molar-refractivity contribution in [2.75, 3.05) is 0 Å². The highest BCUT2D eigenvalue weighted by Crippen LogP contribution is 2.18. The predicted octanol–water partition coefficient (Wildman–Crippen LogP) is 2.61. The normalized spacial score (nSPS) is 10.6. The van der Waals surface area contributed by atoms with Crippen molar-refractivity contribution in [3.63, 3.8) is 0 Å². The Hall–Kier alpha value is -1.19. The molecule has 1 heterocycles. The van der Waals surface area contributed by atoms with Crippen LogP contribution in [-0.4, -0.2) is 11.6 Å². The summed E-state index contributed by atoms with van der Waals surface area (Å²) in [5.41, 5.74) is 2.63. The Kier molecular flexibility index (Phi) is 2.80. The van der Waals surface area contributed by atoms with Gasteiger partial charge in [-0.2, -0.15) is 8.78 Å². The van der Waals surface area contributed by atoms with Gasteiger partial charge in [-0.05, 0) is 31.9 Å². The van der Waals surface area contributed by atoms with Crippen LogP contribution in [-0.2, 0) is 0 Å². The van der Waals surface area contributed by atoms with Gasteiger partial charge in [0.1, 0.15) is 0 Å². The molecule has 0 aliphatic heterocycles. The van der Waals surface area contributed by atoms with Crippen LogP contribution in [0, 0.1) is 20.8 Å². The molecule has 2 nitrogen and oxygen atoms in total. The van der Waals surface area contributed by atoms with E-state index in [-0.39, 0.29) is 5.88 Å². The molecule has 0 atom stereocenters. The monoisotopic (exact) mass is 187 g/mol. The molecule has 0 bridgehead atoms. The maximum absolute atomic E-state index is 11.8. The topological polar surface area (TPSA) is 22.1 Å². The average Bonchev–Trinajstić information content (AvgIpc) is 1.98. The summed E-state index contributed by atoms with van der Waals surface area (Å²) in [5.74, 6) is -0.0180. The molecule has 0 radical (unpaired) electrons. The lowest BCUT2D eigenvalue weighted by atomic mass is 10.1. The number of hydrogen-bond donors (Lipinski definition) is 0. The zero-order chi connectivity index (χ0) is 10.0. The smallest absolute Gasteiger partial charge is 0.388 e. The predicted molar refractivity (Wildman–Crippen MR) is 45.1 cm³/mol. The number of alkyl halides is 2. The van der Waals surface area contributed by atoms with E-state index in [9.17, 15) is 8.78 Å². The zero-order valence-corrected chi connectivity index (χ0v) is 7.77. The molecule has 0 aliphatic carbocycles. The second-order valence-corrected chi connectivity index (χ2v) is 2.87. The summed E-state index contributed by atoms with van der Waals surface area (Å²) < 4.78 is 27.8. The van der Waals surface area contributed by atoms with Crippen LogP contribution in [0.25, 0.3) is 0 Å². The van der Waals surface area contributed by atoms with Crippen LogP contribution in [0.1, 0.15) is 16.8 Å². The summed E-state index contributed by atoms with van der Waals surface area (Å²) in [7, 11) is 0. The third-order valence-corrected chi connectivity index (χ3v) is 1.96. The fourth-order valence-electron chi connectivity index (χ4n) is 1.01. The first kappa shape index (κ1) is 9.89. The van der Waals surface area contributed by atoms with Gasteiger partial charge in [-0.15, -0.1) is 0 Å². The van der Waals surface area contributed by atoms with Crippen molar-refractivity contribution in [1.82, 2.24) is 4.98 Å². The number of hydrogen-bond acceptors (Lipinski definition) is 2. The number of halogens is 2. The van der Waals surface area contributed by atoms with E-state index in [2.05, 4.69) is 9.72 Å². The zero-order valence-electron chi connectivity index (χ0n) is 7.77. The standard InChI is InChI=1S/C9H11F2NO/c1-5-4-8(13-9(10)11)12-7(3)6(5)2/h4,9H,1-3H3. The van der Waals surface area contributed by atoms with Gasteiger partial charge in [-0.3, -0.25) is 0 Å². The fraction of sp³-hybridized carbons (Fsp3) is 0.444. The first-order valence-electron chi connectivity index (χ1n) is 3.90. The molecule has 0 N–H and O–H groups in total. The van der Waals surface area contributed by atoms with Gasteiger partial charge in [-0.1, -0.05) is 0 Å². The molecule has 1 aromatic heterocycles. The van der Waals surface area contributed by atoms with Gasteiger partial charge in [0.25, 0.3) is 0 Å². The molecule has 4 heteroatoms. The minimum atomic E-state index is -2.81. The van der Waals surface area contributed by atoms with E-state index in [1.807, 2.05) is 13.8 Å². The van der Waals surface area contributed by atoms with Crippen molar-refractivity contribution < 1.29 is 13.5 Å². The van der Waals surface area contributed by atoms with Crippen LogP contribution in [0.2, 0.25) is 0 Å². The van der Waals surface area contributed by atoms with E-state index in [1.54, 1.807) is 6.92 Å². The molecule has 0 fully saturated rings. The van der Waals surface area contributed by atoms with Crippen molar-refractivity contribution in [3.8, 4) is 5.88 Å². The van der Waals surface area contributed by atoms with E-state index in [1.165, 1.54) is 6.07 Å². The van der Waals surface area contributed by atoms with Gasteiger partial charge < -0.3 is 4.74 Å². The Morgan fingerprint density at radius 1 is 1.31 bits per heavy atom. The highest BCUT2D eigenvalue weighted by Gasteiger charge is 2.08. The largest absolute Gasteiger partial charge is 0.417 e. The van der Waals surface area contributed by atoms with Gasteiger partial charge in [-0.25, -0.2) is 4.98 Å². The molecule has 1 rings (SSSR count). The van der Waals surface area contributed by atoms with E-state index in [0.717, 1.165) is 16.8 Å². The van der Waals surface area contributed by atoms with Crippen molar-refractivity contribution in [3.05, 3.63) is 22.9 Å². The lowest BCUT2D eigenvalue weighted by molar-refractivity contribution is -0.0529. The van der Waals surface area contributed by atoms with Gasteiger partial charge in [0, 0.05) is 11.8 Å². The van der Waals surface area contributed by atoms with Crippen LogP contribution in [0.4, 0.5) is 8.78 Å². The summed E-state index contributed by atoms with van der Waals surface area (Å²) >= 11 is 0. The summed E-state index contributed by atoms with van der Waals surface area (Å²) in [5, 5.41) is 0. The minimum absolute atomic E-state index is 0.0180. The summed E-state index contributed by atoms with van der Waals surface area (Å²) in [6, 6.07) is 1.51. The average molecular weight is 187 g/mol. The van der Waals surface area contributed by atoms with Gasteiger partial charge in [0.05, 0.1) is 0 Å². The van der Waals surface area contributed by atoms with Crippen LogP contribution in [0.15, 0.2) is 6.07 Å². The molecule has 72 valence electrons. The highest BCUT2D eigenvalue weighted by molar-refractivity contribution is 5.32. The number of pyridine rings is 1. The maximum Gasteiger partial charge on any atom is 0.388 e. The summed E-state index contributed by atoms with van der Waals surface area (Å²) in [6.07, 6.45) is 0. The third kappa shape index (κ3) is 2.37. The summed E-state index contributed by atoms with van der Waals surface area (Å²) in [4.78, 5) is 3.87. The van der Waals surface area contributed by atoms with Crippen molar-refractivity contribution >= 4 is 0 Å². The SMILES string of the molecule is Cc1cc(OC(F)F)nc(C)c1C. The third-order valence-electron chi connectivity index (χ3n) is 1.96. The molecule has 0 saturated heterocycles. The van der Waals surface area contributed by atoms with Crippen LogP contribution >= 0.6 is 0 Å². The van der Waals surface area contributed by atoms with Gasteiger partial charge >= 0.3 is 6.61 Å². The molecule has 1 aromatic rings. The van der Waals surface area contributed by atoms with Crippen LogP contribution < -0.4 is 4.74 Å². The Morgan fingerprint density at radius 3 is 2.38 bits per heavy atom. The second kappa shape index (κ2) is 3.68. The first-order chi connectivity index (χ1) is 6.00. The van der Waals surface area contributed by atoms with Gasteiger partial charge in [0.15, 0.2) is 0 Å². The quantitative estimate of drug-likeness (QED) is 0.710. The van der Waals surface area contributed by atoms with Crippen LogP contribution in [0.3, 0.4) is 0 Å². The maximum atomic E-state index is 11.8. The number of aromatic nitrogens is 1. The second-order valence-electron chi connectivity index (χ2n) is 2.87. The van der Waals surface area contributed by atoms with Crippen LogP contribution in [0.5, 0.6) is 5.88 Å². The molecule has 0 saturated carbocycles. The number of ether oxygens (including phenoxy) is 1. The molecule has 13 heavy (non-hydrogen) atoms. The molecular formula is C9H11F2NO. The Morgan fingerprint density at radius 2 is 1.92 bits per heavy atom. The number of rotatable bonds is 2. The van der Waals surface area contributed by atoms with E-state index < -0.39 is 6.61 Å². The van der Waals surface area contributed by atoms with E-state index in [4.69, 9.17) is 0 Å². The van der Waals surface area contributed by atoms with Crippen molar-refractivity contribution in [2.45, 2.75) is 27.4 Å². The summed E-state index contributed by atoms with van der Waals surface area (Å²) in [6.45, 7) is 2.68. The minimum Gasteiger partial charge on any atom is -0.417 e. The molecule has 0 spiro atoms.